The van der Waals surface area contributed by atoms with Crippen LogP contribution in [-0.4, -0.2) is 12.5 Å². The number of hydrogen-bond donors (Lipinski definition) is 2. The Labute approximate surface area is 126 Å². The molecule has 2 aromatic rings. The average molecular weight is 311 g/mol. The van der Waals surface area contributed by atoms with Crippen molar-refractivity contribution in [3.8, 4) is 5.75 Å². The molecule has 0 radical (unpaired) electrons. The molecule has 3 N–H and O–H groups in total. The number of ether oxygens (including phenoxy) is 1. The van der Waals surface area contributed by atoms with Gasteiger partial charge in [-0.15, -0.1) is 0 Å². The van der Waals surface area contributed by atoms with Crippen molar-refractivity contribution in [2.24, 2.45) is 0 Å². The van der Waals surface area contributed by atoms with E-state index in [9.17, 15) is 4.79 Å². The summed E-state index contributed by atoms with van der Waals surface area (Å²) in [4.78, 5) is 11.7. The van der Waals surface area contributed by atoms with Crippen molar-refractivity contribution in [3.05, 3.63) is 52.5 Å². The number of halogens is 2. The number of carbonyl (C=O) groups is 1. The second kappa shape index (κ2) is 6.50. The molecule has 4 nitrogen and oxygen atoms in total. The molecule has 0 aromatic heterocycles. The number of nitrogen functional groups attached to an aromatic ring is 1. The number of benzene rings is 2. The first kappa shape index (κ1) is 14.5. The van der Waals surface area contributed by atoms with Crippen LogP contribution in [0.25, 0.3) is 0 Å². The maximum Gasteiger partial charge on any atom is 0.262 e. The SMILES string of the molecule is Nc1ccc(NC(=O)COc2c(Cl)cccc2Cl)cc1. The molecule has 0 aliphatic carbocycles. The van der Waals surface area contributed by atoms with E-state index in [2.05, 4.69) is 5.32 Å². The van der Waals surface area contributed by atoms with Crippen LogP contribution in [0.4, 0.5) is 11.4 Å². The zero-order valence-electron chi connectivity index (χ0n) is 10.4. The molecule has 0 bridgehead atoms. The third-order valence-corrected chi connectivity index (χ3v) is 3.06. The van der Waals surface area contributed by atoms with Crippen LogP contribution < -0.4 is 15.8 Å². The molecule has 0 saturated carbocycles. The van der Waals surface area contributed by atoms with Crippen LogP contribution in [0.5, 0.6) is 5.75 Å². The smallest absolute Gasteiger partial charge is 0.262 e. The molecule has 0 aliphatic heterocycles. The van der Waals surface area contributed by atoms with Gasteiger partial charge in [-0.2, -0.15) is 0 Å². The molecule has 104 valence electrons. The molecule has 0 unspecified atom stereocenters. The van der Waals surface area contributed by atoms with E-state index in [0.717, 1.165) is 0 Å². The standard InChI is InChI=1S/C14H12Cl2N2O2/c15-11-2-1-3-12(16)14(11)20-8-13(19)18-10-6-4-9(17)5-7-10/h1-7H,8,17H2,(H,18,19). The first-order chi connectivity index (χ1) is 9.56. The minimum absolute atomic E-state index is 0.187. The van der Waals surface area contributed by atoms with Crippen LogP contribution >= 0.6 is 23.2 Å². The van der Waals surface area contributed by atoms with Crippen LogP contribution in [0.3, 0.4) is 0 Å². The van der Waals surface area contributed by atoms with Crippen molar-refractivity contribution in [2.45, 2.75) is 0 Å². The maximum absolute atomic E-state index is 11.7. The second-order valence-corrected chi connectivity index (χ2v) is 4.82. The lowest BCUT2D eigenvalue weighted by atomic mass is 10.3. The number of anilines is 2. The molecule has 2 rings (SSSR count). The molecule has 0 spiro atoms. The Morgan fingerprint density at radius 2 is 1.70 bits per heavy atom. The first-order valence-electron chi connectivity index (χ1n) is 5.78. The van der Waals surface area contributed by atoms with Gasteiger partial charge in [-0.1, -0.05) is 29.3 Å². The molecule has 1 amide bonds. The fourth-order valence-electron chi connectivity index (χ4n) is 1.52. The Balaban J connectivity index is 1.94. The van der Waals surface area contributed by atoms with Crippen LogP contribution in [0.15, 0.2) is 42.5 Å². The van der Waals surface area contributed by atoms with Crippen LogP contribution in [0, 0.1) is 0 Å². The molecule has 2 aromatic carbocycles. The predicted molar refractivity (Wildman–Crippen MR) is 81.4 cm³/mol. The van der Waals surface area contributed by atoms with Gasteiger partial charge in [-0.25, -0.2) is 0 Å². The first-order valence-corrected chi connectivity index (χ1v) is 6.54. The molecular formula is C14H12Cl2N2O2. The summed E-state index contributed by atoms with van der Waals surface area (Å²) in [5.74, 6) is -0.0194. The highest BCUT2D eigenvalue weighted by Crippen LogP contribution is 2.32. The average Bonchev–Trinajstić information content (AvgIpc) is 2.41. The van der Waals surface area contributed by atoms with Gasteiger partial charge in [0.25, 0.3) is 5.91 Å². The highest BCUT2D eigenvalue weighted by atomic mass is 35.5. The summed E-state index contributed by atoms with van der Waals surface area (Å²) in [7, 11) is 0. The Morgan fingerprint density at radius 3 is 2.30 bits per heavy atom. The molecule has 0 aliphatic rings. The number of amides is 1. The van der Waals surface area contributed by atoms with E-state index in [1.54, 1.807) is 42.5 Å². The van der Waals surface area contributed by atoms with Gasteiger partial charge < -0.3 is 15.8 Å². The zero-order valence-corrected chi connectivity index (χ0v) is 11.9. The van der Waals surface area contributed by atoms with Crippen molar-refractivity contribution in [1.82, 2.24) is 0 Å². The Bertz CT molecular complexity index is 595. The molecule has 0 heterocycles. The Morgan fingerprint density at radius 1 is 1.10 bits per heavy atom. The lowest BCUT2D eigenvalue weighted by molar-refractivity contribution is -0.118. The van der Waals surface area contributed by atoms with Crippen molar-refractivity contribution < 1.29 is 9.53 Å². The highest BCUT2D eigenvalue weighted by Gasteiger charge is 2.09. The van der Waals surface area contributed by atoms with Crippen molar-refractivity contribution in [1.29, 1.82) is 0 Å². The summed E-state index contributed by atoms with van der Waals surface area (Å²) < 4.78 is 5.32. The summed E-state index contributed by atoms with van der Waals surface area (Å²) >= 11 is 11.9. The van der Waals surface area contributed by atoms with E-state index < -0.39 is 0 Å². The summed E-state index contributed by atoms with van der Waals surface area (Å²) in [5.41, 5.74) is 6.82. The molecular weight excluding hydrogens is 299 g/mol. The van der Waals surface area contributed by atoms with E-state index in [0.29, 0.717) is 27.2 Å². The fraction of sp³-hybridized carbons (Fsp3) is 0.0714. The number of para-hydroxylation sites is 1. The van der Waals surface area contributed by atoms with E-state index in [-0.39, 0.29) is 12.5 Å². The van der Waals surface area contributed by atoms with E-state index in [4.69, 9.17) is 33.7 Å². The number of hydrogen-bond acceptors (Lipinski definition) is 3. The minimum Gasteiger partial charge on any atom is -0.481 e. The normalized spacial score (nSPS) is 10.1. The number of rotatable bonds is 4. The second-order valence-electron chi connectivity index (χ2n) is 4.01. The van der Waals surface area contributed by atoms with Gasteiger partial charge >= 0.3 is 0 Å². The van der Waals surface area contributed by atoms with E-state index in [1.165, 1.54) is 0 Å². The topological polar surface area (TPSA) is 64.3 Å². The summed E-state index contributed by atoms with van der Waals surface area (Å²) in [6.45, 7) is -0.187. The molecule has 20 heavy (non-hydrogen) atoms. The van der Waals surface area contributed by atoms with Gasteiger partial charge in [0.05, 0.1) is 10.0 Å². The van der Waals surface area contributed by atoms with Crippen LogP contribution in [0.2, 0.25) is 10.0 Å². The lowest BCUT2D eigenvalue weighted by Gasteiger charge is -2.10. The zero-order chi connectivity index (χ0) is 14.5. The van der Waals surface area contributed by atoms with Crippen LogP contribution in [0.1, 0.15) is 0 Å². The van der Waals surface area contributed by atoms with Gasteiger partial charge in [0, 0.05) is 11.4 Å². The lowest BCUT2D eigenvalue weighted by Crippen LogP contribution is -2.20. The maximum atomic E-state index is 11.7. The van der Waals surface area contributed by atoms with Gasteiger partial charge in [-0.05, 0) is 36.4 Å². The van der Waals surface area contributed by atoms with E-state index >= 15 is 0 Å². The minimum atomic E-state index is -0.314. The number of nitrogens with two attached hydrogens (primary N) is 1. The Hall–Kier alpha value is -1.91. The van der Waals surface area contributed by atoms with Gasteiger partial charge in [0.15, 0.2) is 12.4 Å². The largest absolute Gasteiger partial charge is 0.481 e. The third-order valence-electron chi connectivity index (χ3n) is 2.46. The van der Waals surface area contributed by atoms with Crippen LogP contribution in [-0.2, 0) is 4.79 Å². The van der Waals surface area contributed by atoms with E-state index in [1.807, 2.05) is 0 Å². The highest BCUT2D eigenvalue weighted by molar-refractivity contribution is 6.37. The molecule has 0 saturated heterocycles. The monoisotopic (exact) mass is 310 g/mol. The van der Waals surface area contributed by atoms with Gasteiger partial charge in [0.2, 0.25) is 0 Å². The van der Waals surface area contributed by atoms with Gasteiger partial charge in [0.1, 0.15) is 0 Å². The molecule has 0 atom stereocenters. The third kappa shape index (κ3) is 3.79. The number of carbonyl (C=O) groups excluding carboxylic acids is 1. The number of nitrogens with one attached hydrogen (secondary N) is 1. The summed E-state index contributed by atoms with van der Waals surface area (Å²) in [6, 6.07) is 11.8. The summed E-state index contributed by atoms with van der Waals surface area (Å²) in [5, 5.41) is 3.39. The predicted octanol–water partition coefficient (Wildman–Crippen LogP) is 3.59. The molecule has 0 fully saturated rings. The fourth-order valence-corrected chi connectivity index (χ4v) is 2.03. The summed E-state index contributed by atoms with van der Waals surface area (Å²) in [6.07, 6.45) is 0. The van der Waals surface area contributed by atoms with Crippen molar-refractivity contribution in [3.63, 3.8) is 0 Å². The Kier molecular flexibility index (Phi) is 4.71. The van der Waals surface area contributed by atoms with Crippen molar-refractivity contribution >= 4 is 40.5 Å². The van der Waals surface area contributed by atoms with Crippen molar-refractivity contribution in [2.75, 3.05) is 17.7 Å². The molecule has 6 heteroatoms. The quantitative estimate of drug-likeness (QED) is 0.848. The van der Waals surface area contributed by atoms with Gasteiger partial charge in [-0.3, -0.25) is 4.79 Å².